The Hall–Kier alpha value is -0.790. The number of hydrogen-bond donors (Lipinski definition) is 1. The normalized spacial score (nSPS) is 12.5. The molecular formula is C11H12ClO. The van der Waals surface area contributed by atoms with Crippen LogP contribution < -0.4 is 0 Å². The summed E-state index contributed by atoms with van der Waals surface area (Å²) in [6.45, 7) is 5.23. The van der Waals surface area contributed by atoms with E-state index in [9.17, 15) is 5.11 Å². The molecule has 2 heteroatoms. The smallest absolute Gasteiger partial charge is 0.0898 e. The second-order valence-electron chi connectivity index (χ2n) is 2.92. The Balaban J connectivity index is 2.39. The quantitative estimate of drug-likeness (QED) is 0.783. The molecule has 1 N–H and O–H groups in total. The fourth-order valence-corrected chi connectivity index (χ4v) is 1.20. The molecule has 0 aliphatic heterocycles. The predicted octanol–water partition coefficient (Wildman–Crippen LogP) is 2.54. The largest absolute Gasteiger partial charge is 0.387 e. The van der Waals surface area contributed by atoms with E-state index in [1.807, 2.05) is 30.3 Å². The van der Waals surface area contributed by atoms with Crippen LogP contribution in [0.1, 0.15) is 12.0 Å². The third-order valence-corrected chi connectivity index (χ3v) is 2.12. The van der Waals surface area contributed by atoms with Gasteiger partial charge in [0.1, 0.15) is 0 Å². The summed E-state index contributed by atoms with van der Waals surface area (Å²) in [5.41, 5.74) is 1.18. The van der Waals surface area contributed by atoms with Crippen LogP contribution in [0.15, 0.2) is 35.4 Å². The molecular weight excluding hydrogens is 184 g/mol. The number of aliphatic hydroxyl groups excluding tert-OH is 1. The topological polar surface area (TPSA) is 20.2 Å². The standard InChI is InChI=1S/C11H12ClO/c1-9(12)11(13)8-7-10-5-3-2-4-6-10/h1-6,11,13H,7-8H2. The monoisotopic (exact) mass is 195 g/mol. The number of rotatable bonds is 4. The third-order valence-electron chi connectivity index (χ3n) is 1.87. The van der Waals surface area contributed by atoms with Crippen molar-refractivity contribution in [2.45, 2.75) is 18.9 Å². The first-order valence-corrected chi connectivity index (χ1v) is 4.57. The van der Waals surface area contributed by atoms with Gasteiger partial charge in [-0.25, -0.2) is 0 Å². The molecule has 0 bridgehead atoms. The average molecular weight is 196 g/mol. The molecule has 0 heterocycles. The maximum atomic E-state index is 9.29. The SMILES string of the molecule is [CH]=C(Cl)C(O)CCc1ccccc1. The van der Waals surface area contributed by atoms with Crippen molar-refractivity contribution >= 4 is 11.6 Å². The van der Waals surface area contributed by atoms with E-state index in [1.165, 1.54) is 5.56 Å². The maximum Gasteiger partial charge on any atom is 0.0898 e. The van der Waals surface area contributed by atoms with Crippen LogP contribution in [0.25, 0.3) is 0 Å². The van der Waals surface area contributed by atoms with Gasteiger partial charge in [0.05, 0.1) is 6.10 Å². The highest BCUT2D eigenvalue weighted by molar-refractivity contribution is 6.29. The first-order chi connectivity index (χ1) is 6.20. The van der Waals surface area contributed by atoms with E-state index in [2.05, 4.69) is 0 Å². The summed E-state index contributed by atoms with van der Waals surface area (Å²) in [7, 11) is 0. The zero-order chi connectivity index (χ0) is 9.68. The average Bonchev–Trinajstić information content (AvgIpc) is 2.15. The van der Waals surface area contributed by atoms with Crippen molar-refractivity contribution in [1.82, 2.24) is 0 Å². The lowest BCUT2D eigenvalue weighted by atomic mass is 10.1. The molecule has 1 aromatic rings. The zero-order valence-corrected chi connectivity index (χ0v) is 8.04. The van der Waals surface area contributed by atoms with Crippen LogP contribution in [-0.4, -0.2) is 11.2 Å². The van der Waals surface area contributed by atoms with E-state index < -0.39 is 6.10 Å². The van der Waals surface area contributed by atoms with Crippen LogP contribution >= 0.6 is 11.6 Å². The van der Waals surface area contributed by atoms with Crippen molar-refractivity contribution in [1.29, 1.82) is 0 Å². The lowest BCUT2D eigenvalue weighted by Crippen LogP contribution is -2.07. The Morgan fingerprint density at radius 3 is 2.54 bits per heavy atom. The van der Waals surface area contributed by atoms with Gasteiger partial charge in [0.2, 0.25) is 0 Å². The van der Waals surface area contributed by atoms with Gasteiger partial charge in [-0.3, -0.25) is 0 Å². The number of hydrogen-bond acceptors (Lipinski definition) is 1. The summed E-state index contributed by atoms with van der Waals surface area (Å²) in [6.07, 6.45) is 0.649. The zero-order valence-electron chi connectivity index (χ0n) is 7.28. The predicted molar refractivity (Wildman–Crippen MR) is 54.4 cm³/mol. The van der Waals surface area contributed by atoms with Gasteiger partial charge in [0.15, 0.2) is 0 Å². The number of aliphatic hydroxyl groups is 1. The van der Waals surface area contributed by atoms with E-state index in [-0.39, 0.29) is 5.03 Å². The summed E-state index contributed by atoms with van der Waals surface area (Å²) in [5, 5.41) is 9.36. The van der Waals surface area contributed by atoms with Crippen molar-refractivity contribution in [3.05, 3.63) is 47.5 Å². The van der Waals surface area contributed by atoms with E-state index in [0.29, 0.717) is 6.42 Å². The molecule has 1 radical (unpaired) electrons. The Morgan fingerprint density at radius 2 is 2.00 bits per heavy atom. The number of aryl methyl sites for hydroxylation is 1. The second-order valence-corrected chi connectivity index (χ2v) is 3.36. The van der Waals surface area contributed by atoms with E-state index >= 15 is 0 Å². The highest BCUT2D eigenvalue weighted by Crippen LogP contribution is 2.11. The first kappa shape index (κ1) is 10.3. The number of halogens is 1. The van der Waals surface area contributed by atoms with Crippen LogP contribution in [0.5, 0.6) is 0 Å². The molecule has 0 saturated carbocycles. The van der Waals surface area contributed by atoms with Crippen molar-refractivity contribution in [3.63, 3.8) is 0 Å². The van der Waals surface area contributed by atoms with Gasteiger partial charge in [-0.2, -0.15) is 0 Å². The van der Waals surface area contributed by atoms with Gasteiger partial charge in [-0.1, -0.05) is 41.9 Å². The second kappa shape index (κ2) is 5.05. The Morgan fingerprint density at radius 1 is 1.38 bits per heavy atom. The Kier molecular flexibility index (Phi) is 4.00. The van der Waals surface area contributed by atoms with Gasteiger partial charge < -0.3 is 5.11 Å². The molecule has 1 atom stereocenters. The minimum atomic E-state index is -0.707. The van der Waals surface area contributed by atoms with E-state index in [4.69, 9.17) is 18.2 Å². The first-order valence-electron chi connectivity index (χ1n) is 4.20. The van der Waals surface area contributed by atoms with Crippen LogP contribution in [0, 0.1) is 6.58 Å². The molecule has 69 valence electrons. The van der Waals surface area contributed by atoms with E-state index in [1.54, 1.807) is 0 Å². The van der Waals surface area contributed by atoms with Crippen molar-refractivity contribution < 1.29 is 5.11 Å². The van der Waals surface area contributed by atoms with Gasteiger partial charge in [-0.05, 0) is 25.0 Å². The van der Waals surface area contributed by atoms with Crippen molar-refractivity contribution in [3.8, 4) is 0 Å². The summed E-state index contributed by atoms with van der Waals surface area (Å²) in [5.74, 6) is 0. The minimum absolute atomic E-state index is 0.0657. The molecule has 0 spiro atoms. The summed E-state index contributed by atoms with van der Waals surface area (Å²) in [6, 6.07) is 9.92. The molecule has 0 aromatic heterocycles. The summed E-state index contributed by atoms with van der Waals surface area (Å²) < 4.78 is 0. The number of benzene rings is 1. The molecule has 1 nitrogen and oxygen atoms in total. The maximum absolute atomic E-state index is 9.29. The lowest BCUT2D eigenvalue weighted by molar-refractivity contribution is 0.208. The fourth-order valence-electron chi connectivity index (χ4n) is 1.09. The van der Waals surface area contributed by atoms with Crippen molar-refractivity contribution in [2.75, 3.05) is 0 Å². The van der Waals surface area contributed by atoms with Crippen LogP contribution in [0.2, 0.25) is 0 Å². The minimum Gasteiger partial charge on any atom is -0.387 e. The van der Waals surface area contributed by atoms with Gasteiger partial charge in [0, 0.05) is 5.03 Å². The molecule has 0 saturated heterocycles. The molecule has 0 fully saturated rings. The molecule has 13 heavy (non-hydrogen) atoms. The van der Waals surface area contributed by atoms with Crippen LogP contribution in [0.3, 0.4) is 0 Å². The lowest BCUT2D eigenvalue weighted by Gasteiger charge is -2.07. The Labute approximate surface area is 83.7 Å². The molecule has 0 aliphatic rings. The summed E-state index contributed by atoms with van der Waals surface area (Å²) >= 11 is 5.44. The fraction of sp³-hybridized carbons (Fsp3) is 0.273. The summed E-state index contributed by atoms with van der Waals surface area (Å²) in [4.78, 5) is 0. The molecule has 0 amide bonds. The highest BCUT2D eigenvalue weighted by Gasteiger charge is 2.05. The van der Waals surface area contributed by atoms with E-state index in [0.717, 1.165) is 6.42 Å². The molecule has 1 aromatic carbocycles. The van der Waals surface area contributed by atoms with Gasteiger partial charge >= 0.3 is 0 Å². The van der Waals surface area contributed by atoms with Crippen molar-refractivity contribution in [2.24, 2.45) is 0 Å². The molecule has 0 aliphatic carbocycles. The van der Waals surface area contributed by atoms with Crippen LogP contribution in [0.4, 0.5) is 0 Å². The third kappa shape index (κ3) is 3.62. The molecule has 1 unspecified atom stereocenters. The highest BCUT2D eigenvalue weighted by atomic mass is 35.5. The van der Waals surface area contributed by atoms with Gasteiger partial charge in [-0.15, -0.1) is 0 Å². The molecule has 1 rings (SSSR count). The van der Waals surface area contributed by atoms with Crippen LogP contribution in [-0.2, 0) is 6.42 Å². The Bertz CT molecular complexity index is 269. The van der Waals surface area contributed by atoms with Gasteiger partial charge in [0.25, 0.3) is 0 Å².